The van der Waals surface area contributed by atoms with Crippen molar-refractivity contribution >= 4 is 33.8 Å². The maximum Gasteiger partial charge on any atom is 0.337 e. The Kier molecular flexibility index (Phi) is 6.36. The number of hydrogen-bond donors (Lipinski definition) is 0. The first-order valence-corrected chi connectivity index (χ1v) is 11.2. The van der Waals surface area contributed by atoms with Gasteiger partial charge in [-0.25, -0.2) is 18.0 Å². The minimum Gasteiger partial charge on any atom is -0.465 e. The Morgan fingerprint density at radius 2 is 1.79 bits per heavy atom. The average Bonchev–Trinajstić information content (AvgIpc) is 3.47. The molecular weight excluding hydrogens is 398 g/mol. The van der Waals surface area contributed by atoms with Crippen LogP contribution in [0.4, 0.5) is 0 Å². The molecule has 9 heteroatoms. The van der Waals surface area contributed by atoms with E-state index in [4.69, 9.17) is 4.74 Å². The van der Waals surface area contributed by atoms with Gasteiger partial charge in [0.2, 0.25) is 0 Å². The molecule has 1 heterocycles. The summed E-state index contributed by atoms with van der Waals surface area (Å²) in [6.45, 7) is -0.419. The standard InChI is InChI=1S/C20H23NO7S/c1-27-20(24)15-5-2-14(3-6-15)4-9-19(23)28-12-18(22)21(16-7-8-16)17-10-11-29(25,26)13-17/h2-6,9,16-17H,7-8,10-13H2,1H3/b9-4+/t17-/m1/s1. The highest BCUT2D eigenvalue weighted by molar-refractivity contribution is 7.91. The number of carbonyl (C=O) groups excluding carboxylic acids is 3. The van der Waals surface area contributed by atoms with Crippen LogP contribution >= 0.6 is 0 Å². The summed E-state index contributed by atoms with van der Waals surface area (Å²) in [5, 5.41) is 0. The van der Waals surface area contributed by atoms with Gasteiger partial charge in [-0.05, 0) is 43.0 Å². The molecule has 1 saturated heterocycles. The van der Waals surface area contributed by atoms with Crippen molar-refractivity contribution in [2.75, 3.05) is 25.2 Å². The van der Waals surface area contributed by atoms with Crippen LogP contribution in [0.25, 0.3) is 6.08 Å². The summed E-state index contributed by atoms with van der Waals surface area (Å²) < 4.78 is 33.1. The third-order valence-electron chi connectivity index (χ3n) is 4.91. The van der Waals surface area contributed by atoms with Gasteiger partial charge in [0.1, 0.15) is 0 Å². The van der Waals surface area contributed by atoms with Crippen LogP contribution < -0.4 is 0 Å². The molecule has 1 atom stereocenters. The minimum absolute atomic E-state index is 0.0232. The Balaban J connectivity index is 1.52. The molecule has 0 bridgehead atoms. The van der Waals surface area contributed by atoms with Crippen molar-refractivity contribution in [3.05, 3.63) is 41.5 Å². The lowest BCUT2D eigenvalue weighted by Gasteiger charge is -2.28. The number of hydrogen-bond acceptors (Lipinski definition) is 7. The molecule has 2 aliphatic rings. The molecule has 0 N–H and O–H groups in total. The van der Waals surface area contributed by atoms with Gasteiger partial charge in [-0.2, -0.15) is 0 Å². The number of benzene rings is 1. The predicted molar refractivity (Wildman–Crippen MR) is 105 cm³/mol. The molecule has 1 aliphatic heterocycles. The van der Waals surface area contributed by atoms with Crippen LogP contribution in [-0.4, -0.2) is 68.5 Å². The summed E-state index contributed by atoms with van der Waals surface area (Å²) in [7, 11) is -1.81. The number of methoxy groups -OCH3 is 1. The summed E-state index contributed by atoms with van der Waals surface area (Å²) in [5.41, 5.74) is 1.07. The molecule has 0 unspecified atom stereocenters. The van der Waals surface area contributed by atoms with E-state index in [9.17, 15) is 22.8 Å². The van der Waals surface area contributed by atoms with E-state index in [1.165, 1.54) is 19.3 Å². The lowest BCUT2D eigenvalue weighted by Crippen LogP contribution is -2.44. The zero-order chi connectivity index (χ0) is 21.0. The first kappa shape index (κ1) is 21.0. The largest absolute Gasteiger partial charge is 0.465 e. The molecule has 0 aromatic heterocycles. The van der Waals surface area contributed by atoms with Crippen LogP contribution in [0.5, 0.6) is 0 Å². The van der Waals surface area contributed by atoms with Crippen molar-refractivity contribution in [1.29, 1.82) is 0 Å². The van der Waals surface area contributed by atoms with Gasteiger partial charge in [0, 0.05) is 18.2 Å². The zero-order valence-corrected chi connectivity index (χ0v) is 16.9. The molecule has 0 spiro atoms. The molecule has 1 aromatic rings. The van der Waals surface area contributed by atoms with Gasteiger partial charge in [-0.3, -0.25) is 4.79 Å². The molecule has 156 valence electrons. The third kappa shape index (κ3) is 5.66. The molecule has 0 radical (unpaired) electrons. The van der Waals surface area contributed by atoms with E-state index < -0.39 is 28.4 Å². The SMILES string of the molecule is COC(=O)c1ccc(/C=C/C(=O)OCC(=O)N(C2CC2)[C@@H]2CCS(=O)(=O)C2)cc1. The Morgan fingerprint density at radius 1 is 1.10 bits per heavy atom. The number of rotatable bonds is 7. The summed E-state index contributed by atoms with van der Waals surface area (Å²) in [6, 6.07) is 6.16. The van der Waals surface area contributed by atoms with Crippen molar-refractivity contribution in [1.82, 2.24) is 4.90 Å². The Morgan fingerprint density at radius 3 is 2.34 bits per heavy atom. The number of sulfone groups is 1. The molecule has 1 aliphatic carbocycles. The van der Waals surface area contributed by atoms with Crippen LogP contribution in [0.2, 0.25) is 0 Å². The quantitative estimate of drug-likeness (QED) is 0.481. The number of nitrogens with zero attached hydrogens (tertiary/aromatic N) is 1. The van der Waals surface area contributed by atoms with E-state index in [0.717, 1.165) is 12.8 Å². The van der Waals surface area contributed by atoms with Gasteiger partial charge in [-0.15, -0.1) is 0 Å². The van der Waals surface area contributed by atoms with Gasteiger partial charge >= 0.3 is 11.9 Å². The second kappa shape index (κ2) is 8.77. The molecule has 1 amide bonds. The van der Waals surface area contributed by atoms with E-state index in [-0.39, 0.29) is 29.5 Å². The number of amides is 1. The van der Waals surface area contributed by atoms with Crippen molar-refractivity contribution in [3.8, 4) is 0 Å². The summed E-state index contributed by atoms with van der Waals surface area (Å²) in [5.74, 6) is -1.42. The van der Waals surface area contributed by atoms with E-state index >= 15 is 0 Å². The fraction of sp³-hybridized carbons (Fsp3) is 0.450. The lowest BCUT2D eigenvalue weighted by molar-refractivity contribution is -0.149. The predicted octanol–water partition coefficient (Wildman–Crippen LogP) is 1.21. The normalized spacial score (nSPS) is 20.4. The maximum absolute atomic E-state index is 12.5. The van der Waals surface area contributed by atoms with Crippen molar-refractivity contribution in [3.63, 3.8) is 0 Å². The Bertz CT molecular complexity index is 917. The molecular formula is C20H23NO7S. The highest BCUT2D eigenvalue weighted by Crippen LogP contribution is 2.32. The van der Waals surface area contributed by atoms with Crippen LogP contribution in [0.1, 0.15) is 35.2 Å². The summed E-state index contributed by atoms with van der Waals surface area (Å²) in [6.07, 6.45) is 4.83. The zero-order valence-electron chi connectivity index (χ0n) is 16.1. The lowest BCUT2D eigenvalue weighted by atomic mass is 10.1. The van der Waals surface area contributed by atoms with Crippen LogP contribution in [0, 0.1) is 0 Å². The van der Waals surface area contributed by atoms with Crippen LogP contribution in [-0.2, 0) is 28.9 Å². The Labute approximate surface area is 169 Å². The van der Waals surface area contributed by atoms with Crippen molar-refractivity contribution < 1.29 is 32.3 Å². The molecule has 2 fully saturated rings. The van der Waals surface area contributed by atoms with Gasteiger partial charge in [0.15, 0.2) is 16.4 Å². The smallest absolute Gasteiger partial charge is 0.337 e. The van der Waals surface area contributed by atoms with Crippen molar-refractivity contribution in [2.24, 2.45) is 0 Å². The maximum atomic E-state index is 12.5. The fourth-order valence-corrected chi connectivity index (χ4v) is 5.03. The Hall–Kier alpha value is -2.68. The van der Waals surface area contributed by atoms with E-state index in [1.54, 1.807) is 29.2 Å². The monoisotopic (exact) mass is 421 g/mol. The second-order valence-corrected chi connectivity index (χ2v) is 9.37. The van der Waals surface area contributed by atoms with Crippen LogP contribution in [0.3, 0.4) is 0 Å². The molecule has 1 aromatic carbocycles. The first-order valence-electron chi connectivity index (χ1n) is 9.34. The van der Waals surface area contributed by atoms with Gasteiger partial charge < -0.3 is 14.4 Å². The molecule has 1 saturated carbocycles. The van der Waals surface area contributed by atoms with Crippen LogP contribution in [0.15, 0.2) is 30.3 Å². The topological polar surface area (TPSA) is 107 Å². The highest BCUT2D eigenvalue weighted by Gasteiger charge is 2.42. The summed E-state index contributed by atoms with van der Waals surface area (Å²) in [4.78, 5) is 37.4. The number of carbonyl (C=O) groups is 3. The van der Waals surface area contributed by atoms with Gasteiger partial charge in [0.25, 0.3) is 5.91 Å². The average molecular weight is 421 g/mol. The third-order valence-corrected chi connectivity index (χ3v) is 6.66. The van der Waals surface area contributed by atoms with Gasteiger partial charge in [-0.1, -0.05) is 12.1 Å². The van der Waals surface area contributed by atoms with E-state index in [2.05, 4.69) is 4.74 Å². The number of ether oxygens (including phenoxy) is 2. The van der Waals surface area contributed by atoms with E-state index in [1.807, 2.05) is 0 Å². The summed E-state index contributed by atoms with van der Waals surface area (Å²) >= 11 is 0. The molecule has 3 rings (SSSR count). The second-order valence-electron chi connectivity index (χ2n) is 7.14. The van der Waals surface area contributed by atoms with Crippen molar-refractivity contribution in [2.45, 2.75) is 31.3 Å². The van der Waals surface area contributed by atoms with E-state index in [0.29, 0.717) is 17.5 Å². The fourth-order valence-electron chi connectivity index (χ4n) is 3.32. The minimum atomic E-state index is -3.10. The van der Waals surface area contributed by atoms with Gasteiger partial charge in [0.05, 0.1) is 24.2 Å². The first-order chi connectivity index (χ1) is 13.8. The molecule has 8 nitrogen and oxygen atoms in total. The highest BCUT2D eigenvalue weighted by atomic mass is 32.2. The number of esters is 2. The molecule has 29 heavy (non-hydrogen) atoms.